The van der Waals surface area contributed by atoms with E-state index in [2.05, 4.69) is 10.1 Å². The first-order valence-electron chi connectivity index (χ1n) is 7.18. The Morgan fingerprint density at radius 3 is 2.48 bits per heavy atom. The number of carbonyl (C=O) groups excluding carboxylic acids is 2. The molecule has 0 radical (unpaired) electrons. The summed E-state index contributed by atoms with van der Waals surface area (Å²) in [7, 11) is 1.35. The monoisotopic (exact) mass is 292 g/mol. The lowest BCUT2D eigenvalue weighted by Crippen LogP contribution is -2.41. The number of amides is 1. The molecule has 3 N–H and O–H groups in total. The van der Waals surface area contributed by atoms with Crippen LogP contribution in [0.25, 0.3) is 0 Å². The second kappa shape index (κ2) is 7.78. The zero-order valence-electron chi connectivity index (χ0n) is 12.9. The molecular formula is C16H24N2O3. The summed E-state index contributed by atoms with van der Waals surface area (Å²) in [5.74, 6) is -0.387. The largest absolute Gasteiger partial charge is 0.469 e. The van der Waals surface area contributed by atoms with Crippen LogP contribution in [0.1, 0.15) is 32.3 Å². The minimum absolute atomic E-state index is 0.0785. The molecule has 21 heavy (non-hydrogen) atoms. The molecular weight excluding hydrogens is 268 g/mol. The molecule has 1 amide bonds. The van der Waals surface area contributed by atoms with E-state index < -0.39 is 5.41 Å². The molecule has 1 rings (SSSR count). The van der Waals surface area contributed by atoms with Crippen molar-refractivity contribution in [2.24, 2.45) is 11.1 Å². The van der Waals surface area contributed by atoms with E-state index in [0.717, 1.165) is 5.56 Å². The molecule has 1 aromatic rings. The van der Waals surface area contributed by atoms with E-state index >= 15 is 0 Å². The number of esters is 1. The van der Waals surface area contributed by atoms with Crippen LogP contribution in [0.4, 0.5) is 5.69 Å². The van der Waals surface area contributed by atoms with Crippen molar-refractivity contribution in [2.75, 3.05) is 19.0 Å². The van der Waals surface area contributed by atoms with Crippen molar-refractivity contribution in [3.63, 3.8) is 0 Å². The van der Waals surface area contributed by atoms with Crippen molar-refractivity contribution in [3.8, 4) is 0 Å². The second-order valence-corrected chi connectivity index (χ2v) is 5.10. The maximum absolute atomic E-state index is 12.4. The first-order valence-corrected chi connectivity index (χ1v) is 7.18. The third kappa shape index (κ3) is 4.29. The van der Waals surface area contributed by atoms with Gasteiger partial charge >= 0.3 is 5.97 Å². The molecule has 0 spiro atoms. The van der Waals surface area contributed by atoms with E-state index in [1.807, 2.05) is 19.9 Å². The summed E-state index contributed by atoms with van der Waals surface area (Å²) in [4.78, 5) is 23.7. The topological polar surface area (TPSA) is 81.4 Å². The average Bonchev–Trinajstić information content (AvgIpc) is 2.50. The Balaban J connectivity index is 2.85. The number of methoxy groups -OCH3 is 1. The summed E-state index contributed by atoms with van der Waals surface area (Å²) >= 11 is 0. The first kappa shape index (κ1) is 17.2. The van der Waals surface area contributed by atoms with Gasteiger partial charge in [-0.15, -0.1) is 0 Å². The lowest BCUT2D eigenvalue weighted by Gasteiger charge is -2.28. The van der Waals surface area contributed by atoms with Crippen LogP contribution in [0.5, 0.6) is 0 Å². The van der Waals surface area contributed by atoms with Gasteiger partial charge in [-0.05, 0) is 30.5 Å². The molecule has 116 valence electrons. The van der Waals surface area contributed by atoms with Crippen molar-refractivity contribution in [1.29, 1.82) is 0 Å². The second-order valence-electron chi connectivity index (χ2n) is 5.10. The van der Waals surface area contributed by atoms with Gasteiger partial charge in [0.25, 0.3) is 0 Å². The Kier molecular flexibility index (Phi) is 6.37. The van der Waals surface area contributed by atoms with E-state index in [1.54, 1.807) is 18.2 Å². The van der Waals surface area contributed by atoms with Crippen LogP contribution in [0.15, 0.2) is 24.3 Å². The molecule has 0 saturated heterocycles. The highest BCUT2D eigenvalue weighted by atomic mass is 16.5. The van der Waals surface area contributed by atoms with Crippen LogP contribution in [0.3, 0.4) is 0 Å². The van der Waals surface area contributed by atoms with Gasteiger partial charge in [0, 0.05) is 12.2 Å². The molecule has 0 aliphatic rings. The molecule has 0 bridgehead atoms. The van der Waals surface area contributed by atoms with E-state index in [-0.39, 0.29) is 18.3 Å². The molecule has 0 aliphatic carbocycles. The minimum Gasteiger partial charge on any atom is -0.469 e. The lowest BCUT2D eigenvalue weighted by atomic mass is 9.81. The van der Waals surface area contributed by atoms with Gasteiger partial charge in [-0.1, -0.05) is 26.0 Å². The molecule has 0 unspecified atom stereocenters. The highest BCUT2D eigenvalue weighted by Crippen LogP contribution is 2.27. The van der Waals surface area contributed by atoms with Crippen LogP contribution in [-0.4, -0.2) is 25.5 Å². The van der Waals surface area contributed by atoms with Gasteiger partial charge in [0.2, 0.25) is 5.91 Å². The fourth-order valence-corrected chi connectivity index (χ4v) is 2.21. The zero-order chi connectivity index (χ0) is 15.9. The summed E-state index contributed by atoms with van der Waals surface area (Å²) in [5.41, 5.74) is 6.70. The summed E-state index contributed by atoms with van der Waals surface area (Å²) in [6.45, 7) is 4.24. The normalized spacial score (nSPS) is 11.0. The Labute approximate surface area is 125 Å². The quantitative estimate of drug-likeness (QED) is 0.754. The van der Waals surface area contributed by atoms with E-state index in [0.29, 0.717) is 25.1 Å². The van der Waals surface area contributed by atoms with Gasteiger partial charge in [0.05, 0.1) is 18.9 Å². The molecule has 0 fully saturated rings. The highest BCUT2D eigenvalue weighted by molar-refractivity contribution is 5.95. The Morgan fingerprint density at radius 2 is 1.95 bits per heavy atom. The third-order valence-electron chi connectivity index (χ3n) is 3.99. The van der Waals surface area contributed by atoms with E-state index in [1.165, 1.54) is 7.11 Å². The molecule has 5 nitrogen and oxygen atoms in total. The molecule has 0 aromatic heterocycles. The minimum atomic E-state index is -0.543. The van der Waals surface area contributed by atoms with Gasteiger partial charge in [-0.25, -0.2) is 0 Å². The average molecular weight is 292 g/mol. The zero-order valence-corrected chi connectivity index (χ0v) is 12.9. The molecule has 0 saturated carbocycles. The number of hydrogen-bond acceptors (Lipinski definition) is 4. The van der Waals surface area contributed by atoms with Crippen molar-refractivity contribution in [1.82, 2.24) is 0 Å². The fourth-order valence-electron chi connectivity index (χ4n) is 2.21. The van der Waals surface area contributed by atoms with Crippen molar-refractivity contribution >= 4 is 17.6 Å². The number of ether oxygens (including phenoxy) is 1. The summed E-state index contributed by atoms with van der Waals surface area (Å²) < 4.78 is 4.64. The van der Waals surface area contributed by atoms with Crippen LogP contribution in [0, 0.1) is 5.41 Å². The van der Waals surface area contributed by atoms with Crippen molar-refractivity contribution < 1.29 is 14.3 Å². The van der Waals surface area contributed by atoms with Gasteiger partial charge in [0.15, 0.2) is 0 Å². The number of nitrogens with two attached hydrogens (primary N) is 1. The molecule has 1 aromatic carbocycles. The predicted molar refractivity (Wildman–Crippen MR) is 82.9 cm³/mol. The Bertz CT molecular complexity index is 488. The maximum atomic E-state index is 12.4. The molecule has 0 atom stereocenters. The number of hydrogen-bond donors (Lipinski definition) is 2. The van der Waals surface area contributed by atoms with Gasteiger partial charge in [-0.2, -0.15) is 0 Å². The van der Waals surface area contributed by atoms with Crippen molar-refractivity contribution in [3.05, 3.63) is 29.8 Å². The standard InChI is InChI=1S/C16H24N2O3/c1-4-16(5-2,11-17)15(20)18-13-8-6-7-12(9-13)10-14(19)21-3/h6-9H,4-5,10-11,17H2,1-3H3,(H,18,20). The van der Waals surface area contributed by atoms with Gasteiger partial charge in [-0.3, -0.25) is 9.59 Å². The lowest BCUT2D eigenvalue weighted by molar-refractivity contribution is -0.139. The number of anilines is 1. The number of rotatable bonds is 7. The first-order chi connectivity index (χ1) is 10.0. The Hall–Kier alpha value is -1.88. The number of nitrogens with one attached hydrogen (secondary N) is 1. The highest BCUT2D eigenvalue weighted by Gasteiger charge is 2.33. The Morgan fingerprint density at radius 1 is 1.29 bits per heavy atom. The van der Waals surface area contributed by atoms with Gasteiger partial charge < -0.3 is 15.8 Å². The maximum Gasteiger partial charge on any atom is 0.309 e. The van der Waals surface area contributed by atoms with E-state index in [4.69, 9.17) is 5.73 Å². The van der Waals surface area contributed by atoms with Crippen molar-refractivity contribution in [2.45, 2.75) is 33.1 Å². The predicted octanol–water partition coefficient (Wildman–Crippen LogP) is 2.11. The molecule has 0 aliphatic heterocycles. The summed E-state index contributed by atoms with van der Waals surface area (Å²) in [5, 5.41) is 2.90. The summed E-state index contributed by atoms with van der Waals surface area (Å²) in [6.07, 6.45) is 1.56. The molecule has 0 heterocycles. The molecule has 5 heteroatoms. The smallest absolute Gasteiger partial charge is 0.309 e. The van der Waals surface area contributed by atoms with Gasteiger partial charge in [0.1, 0.15) is 0 Å². The van der Waals surface area contributed by atoms with E-state index in [9.17, 15) is 9.59 Å². The number of benzene rings is 1. The van der Waals surface area contributed by atoms with Crippen LogP contribution >= 0.6 is 0 Å². The van der Waals surface area contributed by atoms with Crippen LogP contribution < -0.4 is 11.1 Å². The fraction of sp³-hybridized carbons (Fsp3) is 0.500. The third-order valence-corrected chi connectivity index (χ3v) is 3.99. The SMILES string of the molecule is CCC(CC)(CN)C(=O)Nc1cccc(CC(=O)OC)c1. The number of carbonyl (C=O) groups is 2. The van der Waals surface area contributed by atoms with Crippen LogP contribution in [-0.2, 0) is 20.7 Å². The summed E-state index contributed by atoms with van der Waals surface area (Å²) in [6, 6.07) is 7.20. The van der Waals surface area contributed by atoms with Crippen LogP contribution in [0.2, 0.25) is 0 Å².